The molecular weight excluding hydrogens is 260 g/mol. The van der Waals surface area contributed by atoms with E-state index in [-0.39, 0.29) is 11.6 Å². The standard InChI is InChI=1S/C18H30N2O/c1-15(21)12-17-14-20(18(2,3)4)11-10-19(17)13-16-8-6-5-7-9-16/h5-9,15,17,21H,10-14H2,1-4H3/t15?,17-/m0/s1. The van der Waals surface area contributed by atoms with Gasteiger partial charge in [0.1, 0.15) is 0 Å². The van der Waals surface area contributed by atoms with Crippen molar-refractivity contribution in [3.63, 3.8) is 0 Å². The monoisotopic (exact) mass is 290 g/mol. The molecule has 1 aliphatic heterocycles. The first kappa shape index (κ1) is 16.5. The summed E-state index contributed by atoms with van der Waals surface area (Å²) in [4.78, 5) is 5.08. The largest absolute Gasteiger partial charge is 0.393 e. The lowest BCUT2D eigenvalue weighted by molar-refractivity contribution is -0.000152. The Kier molecular flexibility index (Phi) is 5.42. The van der Waals surface area contributed by atoms with Crippen LogP contribution in [-0.4, -0.2) is 52.2 Å². The number of aliphatic hydroxyl groups excluding tert-OH is 1. The molecule has 1 N–H and O–H groups in total. The Morgan fingerprint density at radius 1 is 1.19 bits per heavy atom. The Bertz CT molecular complexity index is 425. The minimum absolute atomic E-state index is 0.204. The molecule has 0 saturated carbocycles. The summed E-state index contributed by atoms with van der Waals surface area (Å²) >= 11 is 0. The lowest BCUT2D eigenvalue weighted by Gasteiger charge is -2.47. The van der Waals surface area contributed by atoms with E-state index in [1.165, 1.54) is 5.56 Å². The lowest BCUT2D eigenvalue weighted by Crippen LogP contribution is -2.58. The van der Waals surface area contributed by atoms with E-state index in [0.29, 0.717) is 6.04 Å². The molecule has 0 bridgehead atoms. The van der Waals surface area contributed by atoms with Crippen LogP contribution in [0.1, 0.15) is 39.7 Å². The van der Waals surface area contributed by atoms with Crippen LogP contribution in [0.25, 0.3) is 0 Å². The van der Waals surface area contributed by atoms with Gasteiger partial charge in [-0.1, -0.05) is 30.3 Å². The number of hydrogen-bond donors (Lipinski definition) is 1. The first-order valence-corrected chi connectivity index (χ1v) is 8.07. The van der Waals surface area contributed by atoms with Crippen LogP contribution in [0.3, 0.4) is 0 Å². The van der Waals surface area contributed by atoms with Crippen LogP contribution in [0.2, 0.25) is 0 Å². The molecule has 0 spiro atoms. The van der Waals surface area contributed by atoms with Gasteiger partial charge >= 0.3 is 0 Å². The summed E-state index contributed by atoms with van der Waals surface area (Å²) in [7, 11) is 0. The van der Waals surface area contributed by atoms with Gasteiger partial charge in [0, 0.05) is 37.8 Å². The van der Waals surface area contributed by atoms with E-state index in [1.807, 2.05) is 6.92 Å². The van der Waals surface area contributed by atoms with Gasteiger partial charge in [0.2, 0.25) is 0 Å². The Hall–Kier alpha value is -0.900. The maximum absolute atomic E-state index is 9.83. The van der Waals surface area contributed by atoms with Crippen LogP contribution in [-0.2, 0) is 6.54 Å². The number of rotatable bonds is 4. The first-order valence-electron chi connectivity index (χ1n) is 8.07. The van der Waals surface area contributed by atoms with Gasteiger partial charge in [-0.05, 0) is 39.7 Å². The summed E-state index contributed by atoms with van der Waals surface area (Å²) in [6.07, 6.45) is 0.604. The Balaban J connectivity index is 2.05. The Morgan fingerprint density at radius 3 is 2.43 bits per heavy atom. The highest BCUT2D eigenvalue weighted by Gasteiger charge is 2.32. The summed E-state index contributed by atoms with van der Waals surface area (Å²) in [5.41, 5.74) is 1.56. The van der Waals surface area contributed by atoms with E-state index >= 15 is 0 Å². The SMILES string of the molecule is CC(O)C[C@H]1CN(C(C)(C)C)CCN1Cc1ccccc1. The normalized spacial score (nSPS) is 23.2. The summed E-state index contributed by atoms with van der Waals surface area (Å²) in [6, 6.07) is 11.1. The third-order valence-corrected chi connectivity index (χ3v) is 4.40. The number of aliphatic hydroxyl groups is 1. The van der Waals surface area contributed by atoms with Crippen molar-refractivity contribution in [1.29, 1.82) is 0 Å². The highest BCUT2D eigenvalue weighted by atomic mass is 16.3. The fourth-order valence-electron chi connectivity index (χ4n) is 3.15. The molecule has 2 rings (SSSR count). The maximum Gasteiger partial charge on any atom is 0.0527 e. The molecule has 118 valence electrons. The van der Waals surface area contributed by atoms with Gasteiger partial charge in [0.25, 0.3) is 0 Å². The van der Waals surface area contributed by atoms with E-state index in [2.05, 4.69) is 60.9 Å². The Labute approximate surface area is 129 Å². The fourth-order valence-corrected chi connectivity index (χ4v) is 3.15. The van der Waals surface area contributed by atoms with Gasteiger partial charge in [0.15, 0.2) is 0 Å². The smallest absolute Gasteiger partial charge is 0.0527 e. The predicted molar refractivity (Wildman–Crippen MR) is 88.3 cm³/mol. The van der Waals surface area contributed by atoms with Crippen LogP contribution in [0.4, 0.5) is 0 Å². The van der Waals surface area contributed by atoms with Gasteiger partial charge < -0.3 is 5.11 Å². The molecule has 1 aliphatic rings. The van der Waals surface area contributed by atoms with Crippen molar-refractivity contribution in [2.45, 2.75) is 58.3 Å². The second-order valence-corrected chi connectivity index (χ2v) is 7.31. The molecule has 0 aliphatic carbocycles. The molecule has 1 heterocycles. The molecule has 1 aromatic carbocycles. The Morgan fingerprint density at radius 2 is 1.86 bits per heavy atom. The molecular formula is C18H30N2O. The van der Waals surface area contributed by atoms with Gasteiger partial charge in [-0.15, -0.1) is 0 Å². The van der Waals surface area contributed by atoms with E-state index in [4.69, 9.17) is 0 Å². The van der Waals surface area contributed by atoms with Gasteiger partial charge in [0.05, 0.1) is 6.10 Å². The van der Waals surface area contributed by atoms with Crippen LogP contribution in [0.15, 0.2) is 30.3 Å². The molecule has 3 nitrogen and oxygen atoms in total. The zero-order valence-corrected chi connectivity index (χ0v) is 13.9. The van der Waals surface area contributed by atoms with Crippen molar-refractivity contribution in [1.82, 2.24) is 9.80 Å². The van der Waals surface area contributed by atoms with Crippen molar-refractivity contribution in [2.75, 3.05) is 19.6 Å². The van der Waals surface area contributed by atoms with E-state index < -0.39 is 0 Å². The molecule has 3 heteroatoms. The predicted octanol–water partition coefficient (Wildman–Crippen LogP) is 2.74. The topological polar surface area (TPSA) is 26.7 Å². The molecule has 21 heavy (non-hydrogen) atoms. The summed E-state index contributed by atoms with van der Waals surface area (Å²) < 4.78 is 0. The van der Waals surface area contributed by atoms with E-state index in [0.717, 1.165) is 32.6 Å². The molecule has 2 atom stereocenters. The van der Waals surface area contributed by atoms with Crippen molar-refractivity contribution in [2.24, 2.45) is 0 Å². The van der Waals surface area contributed by atoms with Crippen LogP contribution >= 0.6 is 0 Å². The highest BCUT2D eigenvalue weighted by Crippen LogP contribution is 2.23. The molecule has 0 aromatic heterocycles. The van der Waals surface area contributed by atoms with E-state index in [9.17, 15) is 5.11 Å². The third-order valence-electron chi connectivity index (χ3n) is 4.40. The lowest BCUT2D eigenvalue weighted by atomic mass is 9.98. The second-order valence-electron chi connectivity index (χ2n) is 7.31. The number of benzene rings is 1. The minimum atomic E-state index is -0.242. The molecule has 1 fully saturated rings. The molecule has 1 unspecified atom stereocenters. The van der Waals surface area contributed by atoms with Crippen molar-refractivity contribution >= 4 is 0 Å². The number of nitrogens with zero attached hydrogens (tertiary/aromatic N) is 2. The molecule has 1 saturated heterocycles. The number of hydrogen-bond acceptors (Lipinski definition) is 3. The molecule has 0 radical (unpaired) electrons. The average Bonchev–Trinajstić information content (AvgIpc) is 2.40. The minimum Gasteiger partial charge on any atom is -0.393 e. The van der Waals surface area contributed by atoms with Gasteiger partial charge in [-0.2, -0.15) is 0 Å². The molecule has 1 aromatic rings. The van der Waals surface area contributed by atoms with Crippen LogP contribution in [0.5, 0.6) is 0 Å². The quantitative estimate of drug-likeness (QED) is 0.923. The first-order chi connectivity index (χ1) is 9.86. The van der Waals surface area contributed by atoms with E-state index in [1.54, 1.807) is 0 Å². The fraction of sp³-hybridized carbons (Fsp3) is 0.667. The van der Waals surface area contributed by atoms with Crippen molar-refractivity contribution < 1.29 is 5.11 Å². The van der Waals surface area contributed by atoms with Crippen LogP contribution < -0.4 is 0 Å². The zero-order valence-electron chi connectivity index (χ0n) is 13.9. The summed E-state index contributed by atoms with van der Waals surface area (Å²) in [5, 5.41) is 9.83. The van der Waals surface area contributed by atoms with Gasteiger partial charge in [-0.25, -0.2) is 0 Å². The molecule has 0 amide bonds. The van der Waals surface area contributed by atoms with Crippen LogP contribution in [0, 0.1) is 0 Å². The zero-order chi connectivity index (χ0) is 15.5. The summed E-state index contributed by atoms with van der Waals surface area (Å²) in [5.74, 6) is 0. The average molecular weight is 290 g/mol. The van der Waals surface area contributed by atoms with Gasteiger partial charge in [-0.3, -0.25) is 9.80 Å². The maximum atomic E-state index is 9.83. The second kappa shape index (κ2) is 6.91. The third kappa shape index (κ3) is 4.80. The number of piperazine rings is 1. The van der Waals surface area contributed by atoms with Crippen molar-refractivity contribution in [3.05, 3.63) is 35.9 Å². The highest BCUT2D eigenvalue weighted by molar-refractivity contribution is 5.14. The van der Waals surface area contributed by atoms with Crippen molar-refractivity contribution in [3.8, 4) is 0 Å². The summed E-state index contributed by atoms with van der Waals surface area (Å²) in [6.45, 7) is 12.9.